The quantitative estimate of drug-likeness (QED) is 0.313. The van der Waals surface area contributed by atoms with E-state index in [2.05, 4.69) is 20.3 Å². The van der Waals surface area contributed by atoms with Crippen LogP contribution in [0.1, 0.15) is 40.0 Å². The number of thioether (sulfide) groups is 1. The number of rotatable bonds is 8. The van der Waals surface area contributed by atoms with Gasteiger partial charge in [0.05, 0.1) is 10.9 Å². The van der Waals surface area contributed by atoms with Crippen molar-refractivity contribution in [3.63, 3.8) is 0 Å². The lowest BCUT2D eigenvalue weighted by Gasteiger charge is -2.12. The largest absolute Gasteiger partial charge is 0.457 e. The SMILES string of the molecule is CCC(Sc1cc(C)ncn1)C(=O)Nc1nc(C)c(C(=O)OCc2ccccc2)s1. The summed E-state index contributed by atoms with van der Waals surface area (Å²) < 4.78 is 5.37. The molecule has 156 valence electrons. The summed E-state index contributed by atoms with van der Waals surface area (Å²) in [5.41, 5.74) is 2.28. The lowest BCUT2D eigenvalue weighted by Crippen LogP contribution is -2.24. The first-order valence-electron chi connectivity index (χ1n) is 9.41. The predicted molar refractivity (Wildman–Crippen MR) is 118 cm³/mol. The molecule has 1 amide bonds. The number of anilines is 1. The number of nitrogens with one attached hydrogen (secondary N) is 1. The van der Waals surface area contributed by atoms with E-state index in [1.807, 2.05) is 50.2 Å². The third-order valence-electron chi connectivity index (χ3n) is 4.13. The highest BCUT2D eigenvalue weighted by molar-refractivity contribution is 8.00. The number of benzene rings is 1. The Morgan fingerprint density at radius 2 is 1.97 bits per heavy atom. The highest BCUT2D eigenvalue weighted by atomic mass is 32.2. The summed E-state index contributed by atoms with van der Waals surface area (Å²) in [6.07, 6.45) is 2.11. The van der Waals surface area contributed by atoms with Crippen molar-refractivity contribution in [2.75, 3.05) is 5.32 Å². The summed E-state index contributed by atoms with van der Waals surface area (Å²) in [4.78, 5) is 38.1. The lowest BCUT2D eigenvalue weighted by atomic mass is 10.2. The Bertz CT molecular complexity index is 1020. The maximum atomic E-state index is 12.7. The molecule has 0 radical (unpaired) electrons. The molecule has 0 aliphatic heterocycles. The van der Waals surface area contributed by atoms with E-state index in [1.54, 1.807) is 6.92 Å². The van der Waals surface area contributed by atoms with Gasteiger partial charge < -0.3 is 10.1 Å². The maximum Gasteiger partial charge on any atom is 0.350 e. The molecule has 2 heterocycles. The van der Waals surface area contributed by atoms with Gasteiger partial charge in [0.2, 0.25) is 5.91 Å². The van der Waals surface area contributed by atoms with Gasteiger partial charge in [-0.05, 0) is 31.9 Å². The second-order valence-corrected chi connectivity index (χ2v) is 8.72. The smallest absolute Gasteiger partial charge is 0.350 e. The Kier molecular flexibility index (Phi) is 7.53. The molecule has 7 nitrogen and oxygen atoms in total. The molecule has 1 aromatic carbocycles. The van der Waals surface area contributed by atoms with Crippen LogP contribution in [0.4, 0.5) is 5.13 Å². The molecule has 3 rings (SSSR count). The fourth-order valence-electron chi connectivity index (χ4n) is 2.58. The topological polar surface area (TPSA) is 94.1 Å². The predicted octanol–water partition coefficient (Wildman–Crippen LogP) is 4.42. The summed E-state index contributed by atoms with van der Waals surface area (Å²) in [6, 6.07) is 11.3. The number of thiazole rings is 1. The van der Waals surface area contributed by atoms with Crippen LogP contribution in [-0.2, 0) is 16.1 Å². The first-order chi connectivity index (χ1) is 14.5. The van der Waals surface area contributed by atoms with Crippen LogP contribution in [0.2, 0.25) is 0 Å². The molecule has 0 bridgehead atoms. The molecule has 0 spiro atoms. The van der Waals surface area contributed by atoms with Crippen LogP contribution in [0.25, 0.3) is 0 Å². The Labute approximate surface area is 183 Å². The number of amides is 1. The van der Waals surface area contributed by atoms with Crippen molar-refractivity contribution in [2.45, 2.75) is 44.1 Å². The van der Waals surface area contributed by atoms with Gasteiger partial charge in [0, 0.05) is 5.69 Å². The average molecular weight is 443 g/mol. The second kappa shape index (κ2) is 10.3. The third-order valence-corrected chi connectivity index (χ3v) is 6.48. The Morgan fingerprint density at radius 3 is 2.67 bits per heavy atom. The number of hydrogen-bond donors (Lipinski definition) is 1. The van der Waals surface area contributed by atoms with Crippen LogP contribution in [0.3, 0.4) is 0 Å². The summed E-state index contributed by atoms with van der Waals surface area (Å²) in [7, 11) is 0. The zero-order valence-corrected chi connectivity index (χ0v) is 18.5. The molecule has 0 aliphatic carbocycles. The van der Waals surface area contributed by atoms with Gasteiger partial charge in [0.1, 0.15) is 22.8 Å². The molecular weight excluding hydrogens is 420 g/mol. The molecule has 0 aliphatic rings. The van der Waals surface area contributed by atoms with E-state index >= 15 is 0 Å². The van der Waals surface area contributed by atoms with E-state index in [0.29, 0.717) is 22.1 Å². The third kappa shape index (κ3) is 5.87. The van der Waals surface area contributed by atoms with Gasteiger partial charge in [-0.3, -0.25) is 4.79 Å². The molecule has 1 N–H and O–H groups in total. The van der Waals surface area contributed by atoms with Gasteiger partial charge in [0.15, 0.2) is 5.13 Å². The lowest BCUT2D eigenvalue weighted by molar-refractivity contribution is -0.115. The number of esters is 1. The fraction of sp³-hybridized carbons (Fsp3) is 0.286. The van der Waals surface area contributed by atoms with Crippen molar-refractivity contribution in [3.05, 3.63) is 64.6 Å². The first kappa shape index (κ1) is 21.9. The molecule has 2 aromatic heterocycles. The standard InChI is InChI=1S/C21H22N4O3S2/c1-4-16(29-17-10-13(2)22-12-23-17)19(26)25-21-24-14(3)18(30-21)20(27)28-11-15-8-6-5-7-9-15/h5-10,12,16H,4,11H2,1-3H3,(H,24,25,26). The molecule has 0 saturated heterocycles. The van der Waals surface area contributed by atoms with Crippen molar-refractivity contribution in [2.24, 2.45) is 0 Å². The van der Waals surface area contributed by atoms with E-state index in [1.165, 1.54) is 18.1 Å². The molecule has 30 heavy (non-hydrogen) atoms. The summed E-state index contributed by atoms with van der Waals surface area (Å²) >= 11 is 2.49. The number of ether oxygens (including phenoxy) is 1. The van der Waals surface area contributed by atoms with Crippen LogP contribution < -0.4 is 5.32 Å². The first-order valence-corrected chi connectivity index (χ1v) is 11.1. The Hall–Kier alpha value is -2.78. The number of hydrogen-bond acceptors (Lipinski definition) is 8. The van der Waals surface area contributed by atoms with Crippen molar-refractivity contribution >= 4 is 40.1 Å². The number of aryl methyl sites for hydroxylation is 2. The van der Waals surface area contributed by atoms with Gasteiger partial charge in [-0.2, -0.15) is 0 Å². The van der Waals surface area contributed by atoms with E-state index in [9.17, 15) is 9.59 Å². The molecular formula is C21H22N4O3S2. The van der Waals surface area contributed by atoms with Crippen LogP contribution in [-0.4, -0.2) is 32.1 Å². The zero-order chi connectivity index (χ0) is 21.5. The molecule has 0 saturated carbocycles. The zero-order valence-electron chi connectivity index (χ0n) is 16.9. The molecule has 3 aromatic rings. The second-order valence-electron chi connectivity index (χ2n) is 6.50. The van der Waals surface area contributed by atoms with E-state index < -0.39 is 5.97 Å². The Balaban J connectivity index is 1.62. The number of carbonyl (C=O) groups is 2. The maximum absolute atomic E-state index is 12.7. The van der Waals surface area contributed by atoms with Gasteiger partial charge in [-0.1, -0.05) is 60.4 Å². The number of nitrogens with zero attached hydrogens (tertiary/aromatic N) is 3. The van der Waals surface area contributed by atoms with Crippen LogP contribution in [0, 0.1) is 13.8 Å². The molecule has 0 fully saturated rings. The van der Waals surface area contributed by atoms with Crippen molar-refractivity contribution in [1.29, 1.82) is 0 Å². The highest BCUT2D eigenvalue weighted by Crippen LogP contribution is 2.27. The van der Waals surface area contributed by atoms with Crippen molar-refractivity contribution < 1.29 is 14.3 Å². The Morgan fingerprint density at radius 1 is 1.20 bits per heavy atom. The fourth-order valence-corrected chi connectivity index (χ4v) is 4.41. The van der Waals surface area contributed by atoms with Crippen LogP contribution in [0.5, 0.6) is 0 Å². The van der Waals surface area contributed by atoms with Crippen LogP contribution >= 0.6 is 23.1 Å². The van der Waals surface area contributed by atoms with Gasteiger partial charge in [0.25, 0.3) is 0 Å². The summed E-state index contributed by atoms with van der Waals surface area (Å²) in [5.74, 6) is -0.635. The molecule has 1 atom stereocenters. The number of carbonyl (C=O) groups excluding carboxylic acids is 2. The van der Waals surface area contributed by atoms with Gasteiger partial charge in [-0.25, -0.2) is 19.7 Å². The van der Waals surface area contributed by atoms with Gasteiger partial charge >= 0.3 is 5.97 Å². The average Bonchev–Trinajstić information content (AvgIpc) is 3.11. The van der Waals surface area contributed by atoms with E-state index in [4.69, 9.17) is 4.74 Å². The summed E-state index contributed by atoms with van der Waals surface area (Å²) in [5, 5.41) is 3.60. The van der Waals surface area contributed by atoms with Crippen LogP contribution in [0.15, 0.2) is 47.8 Å². The van der Waals surface area contributed by atoms with Crippen molar-refractivity contribution in [1.82, 2.24) is 15.0 Å². The minimum Gasteiger partial charge on any atom is -0.457 e. The number of aromatic nitrogens is 3. The normalized spacial score (nSPS) is 11.7. The van der Waals surface area contributed by atoms with E-state index in [0.717, 1.165) is 27.6 Å². The van der Waals surface area contributed by atoms with Gasteiger partial charge in [-0.15, -0.1) is 0 Å². The summed E-state index contributed by atoms with van der Waals surface area (Å²) in [6.45, 7) is 5.72. The van der Waals surface area contributed by atoms with E-state index in [-0.39, 0.29) is 17.8 Å². The minimum atomic E-state index is -0.452. The minimum absolute atomic E-state index is 0.184. The monoisotopic (exact) mass is 442 g/mol. The highest BCUT2D eigenvalue weighted by Gasteiger charge is 2.22. The molecule has 1 unspecified atom stereocenters. The molecule has 9 heteroatoms. The van der Waals surface area contributed by atoms with Crippen molar-refractivity contribution in [3.8, 4) is 0 Å².